The van der Waals surface area contributed by atoms with Gasteiger partial charge in [0.2, 0.25) is 5.91 Å². The normalized spacial score (nSPS) is 20.8. The van der Waals surface area contributed by atoms with Crippen LogP contribution in [-0.2, 0) is 44.9 Å². The third-order valence-corrected chi connectivity index (χ3v) is 9.40. The lowest BCUT2D eigenvalue weighted by atomic mass is 9.91. The highest BCUT2D eigenvalue weighted by Gasteiger charge is 2.35. The number of carboxylic acid groups (broad SMARTS) is 2. The van der Waals surface area contributed by atoms with Gasteiger partial charge >= 0.3 is 11.9 Å². The van der Waals surface area contributed by atoms with Gasteiger partial charge in [-0.3, -0.25) is 19.2 Å². The van der Waals surface area contributed by atoms with Gasteiger partial charge in [0.05, 0.1) is 6.04 Å². The lowest BCUT2D eigenvalue weighted by molar-refractivity contribution is -0.138. The fourth-order valence-electron chi connectivity index (χ4n) is 6.47. The van der Waals surface area contributed by atoms with Crippen molar-refractivity contribution < 1.29 is 29.4 Å². The molecule has 6 N–H and O–H groups in total. The minimum atomic E-state index is -0.900. The highest BCUT2D eigenvalue weighted by Crippen LogP contribution is 2.34. The molecule has 2 amide bonds. The Bertz CT molecular complexity index is 1560. The summed E-state index contributed by atoms with van der Waals surface area (Å²) in [5.74, 6) is -1.50. The first-order valence-corrected chi connectivity index (χ1v) is 15.6. The Morgan fingerprint density at radius 1 is 0.955 bits per heavy atom. The van der Waals surface area contributed by atoms with E-state index in [1.54, 1.807) is 6.08 Å². The van der Waals surface area contributed by atoms with Crippen LogP contribution in [0.5, 0.6) is 0 Å². The summed E-state index contributed by atoms with van der Waals surface area (Å²) in [5, 5.41) is 25.0. The summed E-state index contributed by atoms with van der Waals surface area (Å²) in [7, 11) is 0. The van der Waals surface area contributed by atoms with E-state index >= 15 is 0 Å². The van der Waals surface area contributed by atoms with Crippen molar-refractivity contribution in [1.29, 1.82) is 0 Å². The predicted molar refractivity (Wildman–Crippen MR) is 172 cm³/mol. The minimum Gasteiger partial charge on any atom is -0.481 e. The molecule has 2 aromatic heterocycles. The number of rotatable bonds is 14. The molecule has 0 spiro atoms. The molecule has 11 heteroatoms. The zero-order valence-corrected chi connectivity index (χ0v) is 26.6. The van der Waals surface area contributed by atoms with E-state index in [4.69, 9.17) is 0 Å². The minimum absolute atomic E-state index is 0.0139. The molecule has 236 valence electrons. The lowest BCUT2D eigenvalue weighted by Gasteiger charge is -2.12. The number of hydrogen-bond donors (Lipinski definition) is 7. The van der Waals surface area contributed by atoms with Crippen molar-refractivity contribution in [2.75, 3.05) is 5.75 Å². The number of allylic oxidation sites excluding steroid dienone is 1. The summed E-state index contributed by atoms with van der Waals surface area (Å²) in [6.07, 6.45) is 5.73. The van der Waals surface area contributed by atoms with Crippen molar-refractivity contribution >= 4 is 42.5 Å². The number of carbonyl (C=O) groups excluding carboxylic acids is 2. The zero-order chi connectivity index (χ0) is 32.3. The van der Waals surface area contributed by atoms with Crippen LogP contribution in [0.25, 0.3) is 6.08 Å². The second kappa shape index (κ2) is 13.8. The molecular formula is C33H42N4O6S. The molecule has 4 heterocycles. The van der Waals surface area contributed by atoms with Gasteiger partial charge < -0.3 is 30.8 Å². The summed E-state index contributed by atoms with van der Waals surface area (Å²) in [4.78, 5) is 55.0. The molecule has 1 saturated heterocycles. The second-order valence-electron chi connectivity index (χ2n) is 11.8. The van der Waals surface area contributed by atoms with Gasteiger partial charge in [-0.25, -0.2) is 0 Å². The van der Waals surface area contributed by atoms with Crippen LogP contribution in [0, 0.1) is 25.7 Å². The quantitative estimate of drug-likeness (QED) is 0.156. The molecule has 0 radical (unpaired) electrons. The molecule has 0 unspecified atom stereocenters. The summed E-state index contributed by atoms with van der Waals surface area (Å²) < 4.78 is 0. The molecule has 0 saturated carbocycles. The molecule has 0 aliphatic carbocycles. The Labute approximate surface area is 262 Å². The van der Waals surface area contributed by atoms with Gasteiger partial charge in [0.15, 0.2) is 0 Å². The average molecular weight is 623 g/mol. The lowest BCUT2D eigenvalue weighted by Crippen LogP contribution is -2.30. The van der Waals surface area contributed by atoms with E-state index in [0.29, 0.717) is 37.0 Å². The van der Waals surface area contributed by atoms with Crippen molar-refractivity contribution in [1.82, 2.24) is 20.6 Å². The highest BCUT2D eigenvalue weighted by atomic mass is 32.1. The molecule has 0 aromatic carbocycles. The number of H-pyrrole nitrogens is 2. The number of carboxylic acids is 2. The maximum absolute atomic E-state index is 12.5. The molecule has 3 atom stereocenters. The maximum atomic E-state index is 12.5. The largest absolute Gasteiger partial charge is 0.481 e. The number of hydrogen-bond acceptors (Lipinski definition) is 5. The van der Waals surface area contributed by atoms with Gasteiger partial charge in [0, 0.05) is 71.6 Å². The fourth-order valence-corrected chi connectivity index (χ4v) is 6.74. The molecule has 10 nitrogen and oxygen atoms in total. The van der Waals surface area contributed by atoms with E-state index in [9.17, 15) is 29.4 Å². The van der Waals surface area contributed by atoms with Crippen molar-refractivity contribution in [3.8, 4) is 0 Å². The standard InChI is InChI=1S/C33H42N4O6S/c1-6-20-16(2)26(36-33(20)43)13-24-17(3)21(7-9-30(38)39)27(34-24)15-28-22(8-10-31(40)41)18(4)25(35-28)14-29-23(11-12-44)19(5)32(42)37-29/h6,14,19,23,26,34-35,44H,1,7-13,15H2,2-5H3,(H,36,43)(H,37,42)(H,38,39)(H,40,41)/b29-14+/t19-,23-,26-/m1/s1. The molecule has 1 fully saturated rings. The van der Waals surface area contributed by atoms with Gasteiger partial charge in [0.1, 0.15) is 0 Å². The summed E-state index contributed by atoms with van der Waals surface area (Å²) in [6.45, 7) is 11.5. The van der Waals surface area contributed by atoms with Crippen LogP contribution in [0.4, 0.5) is 0 Å². The second-order valence-corrected chi connectivity index (χ2v) is 12.2. The summed E-state index contributed by atoms with van der Waals surface area (Å²) in [6, 6.07) is -0.209. The van der Waals surface area contributed by atoms with Gasteiger partial charge in [-0.1, -0.05) is 19.6 Å². The number of amides is 2. The number of nitrogens with one attached hydrogen (secondary N) is 4. The topological polar surface area (TPSA) is 164 Å². The van der Waals surface area contributed by atoms with Crippen molar-refractivity contribution in [3.63, 3.8) is 0 Å². The van der Waals surface area contributed by atoms with E-state index in [1.165, 1.54) is 0 Å². The van der Waals surface area contributed by atoms with Gasteiger partial charge in [0.25, 0.3) is 5.91 Å². The first-order valence-electron chi connectivity index (χ1n) is 15.0. The first-order chi connectivity index (χ1) is 20.9. The Morgan fingerprint density at radius 2 is 1.57 bits per heavy atom. The summed E-state index contributed by atoms with van der Waals surface area (Å²) >= 11 is 4.38. The van der Waals surface area contributed by atoms with Crippen LogP contribution in [0.15, 0.2) is 29.5 Å². The van der Waals surface area contributed by atoms with Crippen LogP contribution in [0.3, 0.4) is 0 Å². The van der Waals surface area contributed by atoms with Crippen molar-refractivity contribution in [3.05, 3.63) is 74.5 Å². The van der Waals surface area contributed by atoms with Gasteiger partial charge in [-0.15, -0.1) is 0 Å². The Kier molecular flexibility index (Phi) is 10.3. The Hall–Kier alpha value is -3.99. The Balaban J connectivity index is 1.74. The van der Waals surface area contributed by atoms with E-state index in [1.807, 2.05) is 33.8 Å². The molecular weight excluding hydrogens is 580 g/mol. The highest BCUT2D eigenvalue weighted by molar-refractivity contribution is 7.80. The number of carbonyl (C=O) groups is 4. The van der Waals surface area contributed by atoms with Gasteiger partial charge in [-0.2, -0.15) is 12.6 Å². The third-order valence-electron chi connectivity index (χ3n) is 9.14. The van der Waals surface area contributed by atoms with Gasteiger partial charge in [-0.05, 0) is 79.7 Å². The van der Waals surface area contributed by atoms with E-state index in [-0.39, 0.29) is 42.5 Å². The Morgan fingerprint density at radius 3 is 2.14 bits per heavy atom. The van der Waals surface area contributed by atoms with E-state index in [0.717, 1.165) is 62.7 Å². The monoisotopic (exact) mass is 622 g/mol. The predicted octanol–water partition coefficient (Wildman–Crippen LogP) is 4.17. The van der Waals surface area contributed by atoms with Crippen LogP contribution in [-0.4, -0.2) is 55.7 Å². The molecule has 2 aliphatic rings. The number of aromatic amines is 2. The number of aromatic nitrogens is 2. The molecule has 2 aromatic rings. The van der Waals surface area contributed by atoms with Crippen molar-refractivity contribution in [2.24, 2.45) is 11.8 Å². The van der Waals surface area contributed by atoms with Crippen LogP contribution in [0.2, 0.25) is 0 Å². The maximum Gasteiger partial charge on any atom is 0.303 e. The summed E-state index contributed by atoms with van der Waals surface area (Å²) in [5.41, 5.74) is 9.34. The SMILES string of the molecule is C=CC1=C(C)[C@@H](Cc2[nH]c(Cc3[nH]c(/C=C4/NC(=O)[C@H](C)[C@H]4CCS)c(C)c3CCC(=O)O)c(CCC(=O)O)c2C)NC1=O. The first kappa shape index (κ1) is 32.9. The molecule has 44 heavy (non-hydrogen) atoms. The molecule has 0 bridgehead atoms. The number of aliphatic carboxylic acids is 2. The fraction of sp³-hybridized carbons (Fsp3) is 0.455. The molecule has 2 aliphatic heterocycles. The van der Waals surface area contributed by atoms with E-state index in [2.05, 4.69) is 39.8 Å². The van der Waals surface area contributed by atoms with Crippen molar-refractivity contribution in [2.45, 2.75) is 78.7 Å². The van der Waals surface area contributed by atoms with Crippen LogP contribution < -0.4 is 10.6 Å². The third kappa shape index (κ3) is 6.88. The van der Waals surface area contributed by atoms with Crippen LogP contribution in [0.1, 0.15) is 78.1 Å². The molecule has 4 rings (SSSR count). The van der Waals surface area contributed by atoms with E-state index < -0.39 is 11.9 Å². The number of thiol groups is 1. The van der Waals surface area contributed by atoms with Crippen LogP contribution >= 0.6 is 12.6 Å². The average Bonchev–Trinajstić information content (AvgIpc) is 3.60. The zero-order valence-electron chi connectivity index (χ0n) is 25.7. The smallest absolute Gasteiger partial charge is 0.303 e.